The number of fused-ring (bicyclic) bond motifs is 1. The Labute approximate surface area is 192 Å². The third-order valence-electron chi connectivity index (χ3n) is 7.50. The highest BCUT2D eigenvalue weighted by Gasteiger charge is 2.35. The van der Waals surface area contributed by atoms with E-state index in [-0.39, 0.29) is 5.60 Å². The highest BCUT2D eigenvalue weighted by Crippen LogP contribution is 2.44. The Kier molecular flexibility index (Phi) is 6.46. The minimum absolute atomic E-state index is 0.159. The summed E-state index contributed by atoms with van der Waals surface area (Å²) in [5.74, 6) is 1.42. The number of hydrogen-bond acceptors (Lipinski definition) is 5. The lowest BCUT2D eigenvalue weighted by Crippen LogP contribution is -2.48. The van der Waals surface area contributed by atoms with E-state index in [4.69, 9.17) is 10.00 Å². The molecule has 1 fully saturated rings. The number of piperazine rings is 1. The fraction of sp³-hybridized carbons (Fsp3) is 0.519. The molecular weight excluding hydrogens is 398 g/mol. The number of benzene rings is 2. The topological polar surface area (TPSA) is 59.7 Å². The van der Waals surface area contributed by atoms with E-state index in [9.17, 15) is 5.11 Å². The minimum atomic E-state index is -0.159. The zero-order valence-corrected chi connectivity index (χ0v) is 19.9. The van der Waals surface area contributed by atoms with Crippen molar-refractivity contribution in [2.75, 3.05) is 32.7 Å². The van der Waals surface area contributed by atoms with Crippen molar-refractivity contribution in [2.24, 2.45) is 0 Å². The summed E-state index contributed by atoms with van der Waals surface area (Å²) in [6.07, 6.45) is 2.96. The standard InChI is InChI=1S/C27H35N3O2/c1-19-20(2)26-24(21(3)25(19)31)9-10-27(4,32-26)11-12-29-13-15-30(16-14-29)18-23-7-5-22(17-28)6-8-23/h5-8,31H,9-16,18H2,1-4H3. The van der Waals surface area contributed by atoms with Crippen LogP contribution < -0.4 is 4.74 Å². The van der Waals surface area contributed by atoms with Crippen molar-refractivity contribution in [1.29, 1.82) is 5.26 Å². The second-order valence-corrected chi connectivity index (χ2v) is 9.76. The van der Waals surface area contributed by atoms with E-state index < -0.39 is 0 Å². The third-order valence-corrected chi connectivity index (χ3v) is 7.50. The molecule has 0 saturated carbocycles. The Morgan fingerprint density at radius 3 is 2.31 bits per heavy atom. The van der Waals surface area contributed by atoms with Gasteiger partial charge in [-0.1, -0.05) is 12.1 Å². The molecule has 0 radical (unpaired) electrons. The first kappa shape index (κ1) is 22.6. The minimum Gasteiger partial charge on any atom is -0.507 e. The molecule has 32 heavy (non-hydrogen) atoms. The molecule has 1 atom stereocenters. The molecule has 5 heteroatoms. The first-order valence-corrected chi connectivity index (χ1v) is 11.7. The summed E-state index contributed by atoms with van der Waals surface area (Å²) < 4.78 is 6.61. The summed E-state index contributed by atoms with van der Waals surface area (Å²) >= 11 is 0. The van der Waals surface area contributed by atoms with Crippen LogP contribution in [0.1, 0.15) is 53.1 Å². The number of nitrogens with zero attached hydrogens (tertiary/aromatic N) is 3. The van der Waals surface area contributed by atoms with Crippen LogP contribution in [0.15, 0.2) is 24.3 Å². The van der Waals surface area contributed by atoms with Gasteiger partial charge in [-0.3, -0.25) is 4.90 Å². The summed E-state index contributed by atoms with van der Waals surface area (Å²) in [4.78, 5) is 5.05. The maximum atomic E-state index is 10.4. The smallest absolute Gasteiger partial charge is 0.127 e. The molecule has 1 saturated heterocycles. The summed E-state index contributed by atoms with van der Waals surface area (Å²) in [5.41, 5.74) is 5.99. The van der Waals surface area contributed by atoms with Crippen LogP contribution in [0, 0.1) is 32.1 Å². The molecule has 1 N–H and O–H groups in total. The van der Waals surface area contributed by atoms with Gasteiger partial charge in [-0.25, -0.2) is 0 Å². The van der Waals surface area contributed by atoms with Gasteiger partial charge in [-0.15, -0.1) is 0 Å². The number of aromatic hydroxyl groups is 1. The van der Waals surface area contributed by atoms with E-state index in [1.165, 1.54) is 11.1 Å². The molecule has 2 heterocycles. The average Bonchev–Trinajstić information content (AvgIpc) is 2.81. The van der Waals surface area contributed by atoms with Crippen LogP contribution in [0.3, 0.4) is 0 Å². The number of nitriles is 1. The largest absolute Gasteiger partial charge is 0.507 e. The summed E-state index contributed by atoms with van der Waals surface area (Å²) in [7, 11) is 0. The van der Waals surface area contributed by atoms with Gasteiger partial charge in [0.1, 0.15) is 17.1 Å². The number of ether oxygens (including phenoxy) is 1. The van der Waals surface area contributed by atoms with Gasteiger partial charge in [0.25, 0.3) is 0 Å². The van der Waals surface area contributed by atoms with Crippen LogP contribution in [-0.4, -0.2) is 53.2 Å². The van der Waals surface area contributed by atoms with Crippen LogP contribution >= 0.6 is 0 Å². The van der Waals surface area contributed by atoms with Gasteiger partial charge in [0, 0.05) is 44.8 Å². The van der Waals surface area contributed by atoms with Gasteiger partial charge in [-0.05, 0) is 81.3 Å². The fourth-order valence-electron chi connectivity index (χ4n) is 4.98. The first-order chi connectivity index (χ1) is 15.3. The quantitative estimate of drug-likeness (QED) is 0.753. The molecule has 0 aromatic heterocycles. The van der Waals surface area contributed by atoms with Crippen LogP contribution in [0.5, 0.6) is 11.5 Å². The number of phenolic OH excluding ortho intramolecular Hbond substituents is 1. The maximum absolute atomic E-state index is 10.4. The molecule has 1 unspecified atom stereocenters. The predicted octanol–water partition coefficient (Wildman–Crippen LogP) is 4.48. The first-order valence-electron chi connectivity index (χ1n) is 11.7. The van der Waals surface area contributed by atoms with Gasteiger partial charge >= 0.3 is 0 Å². The van der Waals surface area contributed by atoms with Crippen molar-refractivity contribution in [3.8, 4) is 17.6 Å². The summed E-state index contributed by atoms with van der Waals surface area (Å²) in [6, 6.07) is 10.1. The van der Waals surface area contributed by atoms with Gasteiger partial charge in [0.15, 0.2) is 0 Å². The SMILES string of the molecule is Cc1c(C)c2c(c(C)c1O)CCC(C)(CCN1CCN(Cc3ccc(C#N)cc3)CC1)O2. The normalized spacial score (nSPS) is 21.6. The van der Waals surface area contributed by atoms with Crippen LogP contribution in [0.2, 0.25) is 0 Å². The van der Waals surface area contributed by atoms with Gasteiger partial charge in [0.2, 0.25) is 0 Å². The van der Waals surface area contributed by atoms with Crippen LogP contribution in [-0.2, 0) is 13.0 Å². The van der Waals surface area contributed by atoms with E-state index in [0.717, 1.165) is 86.5 Å². The fourth-order valence-corrected chi connectivity index (χ4v) is 4.98. The molecule has 0 aliphatic carbocycles. The molecule has 2 aromatic carbocycles. The molecule has 4 rings (SSSR count). The maximum Gasteiger partial charge on any atom is 0.127 e. The molecular formula is C27H35N3O2. The van der Waals surface area contributed by atoms with Crippen LogP contribution in [0.4, 0.5) is 0 Å². The van der Waals surface area contributed by atoms with Crippen molar-refractivity contribution in [2.45, 2.75) is 59.1 Å². The van der Waals surface area contributed by atoms with Crippen molar-refractivity contribution in [3.63, 3.8) is 0 Å². The van der Waals surface area contributed by atoms with E-state index in [1.54, 1.807) is 0 Å². The van der Waals surface area contributed by atoms with E-state index in [2.05, 4.69) is 41.8 Å². The van der Waals surface area contributed by atoms with Gasteiger partial charge < -0.3 is 14.7 Å². The Hall–Kier alpha value is -2.55. The van der Waals surface area contributed by atoms with Gasteiger partial charge in [0.05, 0.1) is 11.6 Å². The average molecular weight is 434 g/mol. The molecule has 0 amide bonds. The van der Waals surface area contributed by atoms with E-state index >= 15 is 0 Å². The summed E-state index contributed by atoms with van der Waals surface area (Å²) in [6.45, 7) is 14.6. The van der Waals surface area contributed by atoms with Gasteiger partial charge in [-0.2, -0.15) is 5.26 Å². The molecule has 170 valence electrons. The van der Waals surface area contributed by atoms with Crippen LogP contribution in [0.25, 0.3) is 0 Å². The highest BCUT2D eigenvalue weighted by atomic mass is 16.5. The number of hydrogen-bond donors (Lipinski definition) is 1. The lowest BCUT2D eigenvalue weighted by atomic mass is 9.85. The van der Waals surface area contributed by atoms with Crippen molar-refractivity contribution in [3.05, 3.63) is 57.6 Å². The zero-order valence-electron chi connectivity index (χ0n) is 19.9. The second-order valence-electron chi connectivity index (χ2n) is 9.76. The Morgan fingerprint density at radius 2 is 1.66 bits per heavy atom. The molecule has 2 aromatic rings. The Morgan fingerprint density at radius 1 is 1.00 bits per heavy atom. The second kappa shape index (κ2) is 9.13. The number of rotatable bonds is 5. The Balaban J connectivity index is 1.30. The molecule has 2 aliphatic rings. The van der Waals surface area contributed by atoms with Crippen molar-refractivity contribution >= 4 is 0 Å². The summed E-state index contributed by atoms with van der Waals surface area (Å²) in [5, 5.41) is 19.4. The molecule has 0 bridgehead atoms. The predicted molar refractivity (Wildman–Crippen MR) is 127 cm³/mol. The van der Waals surface area contributed by atoms with E-state index in [1.807, 2.05) is 26.0 Å². The zero-order chi connectivity index (χ0) is 22.9. The monoisotopic (exact) mass is 433 g/mol. The Bertz CT molecular complexity index is 1020. The molecule has 5 nitrogen and oxygen atoms in total. The lowest BCUT2D eigenvalue weighted by Gasteiger charge is -2.40. The van der Waals surface area contributed by atoms with Crippen molar-refractivity contribution < 1.29 is 9.84 Å². The molecule has 2 aliphatic heterocycles. The molecule has 0 spiro atoms. The van der Waals surface area contributed by atoms with E-state index in [0.29, 0.717) is 5.75 Å². The highest BCUT2D eigenvalue weighted by molar-refractivity contribution is 5.58. The number of phenols is 1. The third kappa shape index (κ3) is 4.62. The van der Waals surface area contributed by atoms with Crippen molar-refractivity contribution in [1.82, 2.24) is 9.80 Å². The lowest BCUT2D eigenvalue weighted by molar-refractivity contribution is 0.0351.